The van der Waals surface area contributed by atoms with E-state index in [-0.39, 0.29) is 14.6 Å². The normalized spacial score (nSPS) is 11.2. The molecule has 0 N–H and O–H groups in total. The molecule has 6 nitrogen and oxygen atoms in total. The summed E-state index contributed by atoms with van der Waals surface area (Å²) in [6.45, 7) is 2.17. The van der Waals surface area contributed by atoms with Crippen LogP contribution in [-0.2, 0) is 16.6 Å². The van der Waals surface area contributed by atoms with Crippen molar-refractivity contribution >= 4 is 31.7 Å². The summed E-state index contributed by atoms with van der Waals surface area (Å²) in [5, 5.41) is 4.72. The van der Waals surface area contributed by atoms with Crippen molar-refractivity contribution in [2.45, 2.75) is 6.92 Å². The van der Waals surface area contributed by atoms with Crippen molar-refractivity contribution in [3.05, 3.63) is 23.5 Å². The molecule has 2 heterocycles. The summed E-state index contributed by atoms with van der Waals surface area (Å²) >= 11 is 5.75. The van der Waals surface area contributed by atoms with E-state index in [2.05, 4.69) is 15.1 Å². The molecule has 0 aromatic carbocycles. The van der Waals surface area contributed by atoms with Crippen LogP contribution in [0.4, 0.5) is 0 Å². The Bertz CT molecular complexity index is 600. The fraction of sp³-hybridized carbons (Fsp3) is 0.333. The molecule has 0 amide bonds. The first-order valence-corrected chi connectivity index (χ1v) is 7.61. The number of hydrogen-bond acceptors (Lipinski definition) is 5. The van der Waals surface area contributed by atoms with E-state index in [1.165, 1.54) is 0 Å². The Morgan fingerprint density at radius 2 is 2.30 bits per heavy atom. The van der Waals surface area contributed by atoms with Gasteiger partial charge in [-0.05, 0) is 27.6 Å². The molecule has 0 fully saturated rings. The van der Waals surface area contributed by atoms with Gasteiger partial charge in [0.2, 0.25) is 0 Å². The first-order chi connectivity index (χ1) is 9.60. The molecule has 0 saturated heterocycles. The lowest BCUT2D eigenvalue weighted by atomic mass is 10.3. The number of halogens is 1. The zero-order valence-corrected chi connectivity index (χ0v) is 12.9. The standard InChI is InChI=1S/C12H14ClN4O2P/c1-3-19-10(18)7-20-12-15-11(17(2)16-12)8-4-5-9(13)14-6-8/h4-6,20H,3,7H2,1-2H3. The van der Waals surface area contributed by atoms with Gasteiger partial charge in [-0.1, -0.05) is 11.6 Å². The number of esters is 1. The van der Waals surface area contributed by atoms with Crippen molar-refractivity contribution in [3.8, 4) is 11.4 Å². The number of rotatable bonds is 5. The third-order valence-electron chi connectivity index (χ3n) is 2.44. The first-order valence-electron chi connectivity index (χ1n) is 6.02. The number of carbonyl (C=O) groups excluding carboxylic acids is 1. The summed E-state index contributed by atoms with van der Waals surface area (Å²) in [6, 6.07) is 3.53. The maximum absolute atomic E-state index is 11.3. The minimum Gasteiger partial charge on any atom is -0.466 e. The molecule has 1 atom stereocenters. The van der Waals surface area contributed by atoms with Gasteiger partial charge in [-0.25, -0.2) is 14.6 Å². The molecule has 106 valence electrons. The van der Waals surface area contributed by atoms with Gasteiger partial charge in [0, 0.05) is 18.8 Å². The molecule has 0 aliphatic heterocycles. The molecule has 0 saturated carbocycles. The van der Waals surface area contributed by atoms with E-state index in [9.17, 15) is 4.79 Å². The molecule has 8 heteroatoms. The summed E-state index contributed by atoms with van der Waals surface area (Å²) in [7, 11) is 1.99. The molecule has 2 aromatic rings. The maximum Gasteiger partial charge on any atom is 0.310 e. The van der Waals surface area contributed by atoms with Crippen LogP contribution in [0.15, 0.2) is 18.3 Å². The fourth-order valence-electron chi connectivity index (χ4n) is 1.58. The minimum atomic E-state index is -0.229. The summed E-state index contributed by atoms with van der Waals surface area (Å²) in [6.07, 6.45) is 1.95. The van der Waals surface area contributed by atoms with Crippen molar-refractivity contribution in [2.75, 3.05) is 12.8 Å². The number of aryl methyl sites for hydroxylation is 1. The molecule has 1 unspecified atom stereocenters. The van der Waals surface area contributed by atoms with Crippen LogP contribution in [0, 0.1) is 0 Å². The molecule has 20 heavy (non-hydrogen) atoms. The Morgan fingerprint density at radius 1 is 1.50 bits per heavy atom. The molecule has 0 bridgehead atoms. The number of hydrogen-bond donors (Lipinski definition) is 0. The summed E-state index contributed by atoms with van der Waals surface area (Å²) in [5.74, 6) is 0.466. The fourth-order valence-corrected chi connectivity index (χ4v) is 2.50. The van der Waals surface area contributed by atoms with E-state index in [1.54, 1.807) is 30.9 Å². The molecular formula is C12H14ClN4O2P. The van der Waals surface area contributed by atoms with Gasteiger partial charge in [0.1, 0.15) is 5.15 Å². The highest BCUT2D eigenvalue weighted by atomic mass is 35.5. The van der Waals surface area contributed by atoms with Crippen LogP contribution in [0.1, 0.15) is 6.92 Å². The van der Waals surface area contributed by atoms with Crippen LogP contribution < -0.4 is 5.57 Å². The zero-order valence-electron chi connectivity index (χ0n) is 11.1. The van der Waals surface area contributed by atoms with E-state index >= 15 is 0 Å². The van der Waals surface area contributed by atoms with E-state index in [0.29, 0.717) is 29.3 Å². The van der Waals surface area contributed by atoms with Gasteiger partial charge in [-0.2, -0.15) is 5.10 Å². The van der Waals surface area contributed by atoms with Gasteiger partial charge >= 0.3 is 5.97 Å². The van der Waals surface area contributed by atoms with Crippen LogP contribution in [-0.4, -0.2) is 38.5 Å². The summed E-state index contributed by atoms with van der Waals surface area (Å²) in [5.41, 5.74) is 1.46. The Kier molecular flexibility index (Phi) is 5.04. The predicted octanol–water partition coefficient (Wildman–Crippen LogP) is 1.40. The minimum absolute atomic E-state index is 0.190. The largest absolute Gasteiger partial charge is 0.466 e. The van der Waals surface area contributed by atoms with Crippen LogP contribution in [0.3, 0.4) is 0 Å². The van der Waals surface area contributed by atoms with Gasteiger partial charge in [0.15, 0.2) is 11.4 Å². The Balaban J connectivity index is 2.09. The first kappa shape index (κ1) is 14.9. The molecule has 0 aliphatic rings. The zero-order chi connectivity index (χ0) is 14.5. The third-order valence-corrected chi connectivity index (χ3v) is 3.66. The number of nitrogens with zero attached hydrogens (tertiary/aromatic N) is 4. The quantitative estimate of drug-likeness (QED) is 0.474. The summed E-state index contributed by atoms with van der Waals surface area (Å²) < 4.78 is 6.54. The second-order valence-corrected chi connectivity index (χ2v) is 5.45. The monoisotopic (exact) mass is 312 g/mol. The van der Waals surface area contributed by atoms with Crippen molar-refractivity contribution in [1.29, 1.82) is 0 Å². The van der Waals surface area contributed by atoms with Crippen LogP contribution in [0.25, 0.3) is 11.4 Å². The lowest BCUT2D eigenvalue weighted by Gasteiger charge is -1.98. The van der Waals surface area contributed by atoms with Crippen LogP contribution >= 0.6 is 20.2 Å². The molecule has 2 rings (SSSR count). The highest BCUT2D eigenvalue weighted by molar-refractivity contribution is 7.47. The van der Waals surface area contributed by atoms with Gasteiger partial charge in [0.25, 0.3) is 0 Å². The van der Waals surface area contributed by atoms with Crippen molar-refractivity contribution < 1.29 is 9.53 Å². The number of pyridine rings is 1. The molecular weight excluding hydrogens is 299 g/mol. The average Bonchev–Trinajstić information content (AvgIpc) is 2.79. The molecule has 2 aromatic heterocycles. The van der Waals surface area contributed by atoms with E-state index in [1.807, 2.05) is 6.07 Å². The average molecular weight is 313 g/mol. The van der Waals surface area contributed by atoms with E-state index in [0.717, 1.165) is 5.56 Å². The second kappa shape index (κ2) is 6.77. The van der Waals surface area contributed by atoms with Crippen LogP contribution in [0.5, 0.6) is 0 Å². The highest BCUT2D eigenvalue weighted by Crippen LogP contribution is 2.17. The smallest absolute Gasteiger partial charge is 0.310 e. The van der Waals surface area contributed by atoms with Gasteiger partial charge in [-0.3, -0.25) is 4.79 Å². The number of ether oxygens (including phenoxy) is 1. The number of carbonyl (C=O) groups is 1. The number of aromatic nitrogens is 4. The van der Waals surface area contributed by atoms with Crippen molar-refractivity contribution in [3.63, 3.8) is 0 Å². The van der Waals surface area contributed by atoms with E-state index in [4.69, 9.17) is 16.3 Å². The van der Waals surface area contributed by atoms with Gasteiger partial charge in [0.05, 0.1) is 12.8 Å². The van der Waals surface area contributed by atoms with Crippen molar-refractivity contribution in [1.82, 2.24) is 19.7 Å². The summed E-state index contributed by atoms with van der Waals surface area (Å²) in [4.78, 5) is 19.7. The Morgan fingerprint density at radius 3 is 2.95 bits per heavy atom. The van der Waals surface area contributed by atoms with Crippen molar-refractivity contribution in [2.24, 2.45) is 7.05 Å². The molecule has 0 aliphatic carbocycles. The van der Waals surface area contributed by atoms with Gasteiger partial charge in [-0.15, -0.1) is 0 Å². The predicted molar refractivity (Wildman–Crippen MR) is 78.7 cm³/mol. The SMILES string of the molecule is CCOC(=O)CPc1nc(-c2ccc(Cl)nc2)n(C)n1. The second-order valence-electron chi connectivity index (χ2n) is 3.91. The maximum atomic E-state index is 11.3. The van der Waals surface area contributed by atoms with Gasteiger partial charge < -0.3 is 4.74 Å². The highest BCUT2D eigenvalue weighted by Gasteiger charge is 2.11. The molecule has 0 radical (unpaired) electrons. The molecule has 0 spiro atoms. The Hall–Kier alpha value is -1.52. The third kappa shape index (κ3) is 3.74. The lowest BCUT2D eigenvalue weighted by molar-refractivity contribution is -0.139. The van der Waals surface area contributed by atoms with Crippen LogP contribution in [0.2, 0.25) is 5.15 Å². The van der Waals surface area contributed by atoms with E-state index < -0.39 is 0 Å². The lowest BCUT2D eigenvalue weighted by Crippen LogP contribution is -2.10. The topological polar surface area (TPSA) is 69.9 Å². The Labute approximate surface area is 123 Å².